The highest BCUT2D eigenvalue weighted by Crippen LogP contribution is 2.49. The lowest BCUT2D eigenvalue weighted by Gasteiger charge is -2.45. The van der Waals surface area contributed by atoms with Gasteiger partial charge in [-0.05, 0) is 45.2 Å². The van der Waals surface area contributed by atoms with Crippen LogP contribution >= 0.6 is 11.6 Å². The average Bonchev–Trinajstić information content (AvgIpc) is 2.98. The van der Waals surface area contributed by atoms with Gasteiger partial charge in [0.2, 0.25) is 5.91 Å². The summed E-state index contributed by atoms with van der Waals surface area (Å²) < 4.78 is 23.3. The second-order valence-electron chi connectivity index (χ2n) is 11.8. The highest BCUT2D eigenvalue weighted by Gasteiger charge is 2.37. The van der Waals surface area contributed by atoms with Crippen molar-refractivity contribution in [3.8, 4) is 22.6 Å². The van der Waals surface area contributed by atoms with E-state index in [1.54, 1.807) is 15.5 Å². The fourth-order valence-electron chi connectivity index (χ4n) is 6.58. The van der Waals surface area contributed by atoms with Crippen LogP contribution in [0.2, 0.25) is 5.02 Å². The molecule has 0 saturated carbocycles. The average molecular weight is 611 g/mol. The summed E-state index contributed by atoms with van der Waals surface area (Å²) in [5.74, 6) is -0.429. The van der Waals surface area contributed by atoms with Gasteiger partial charge in [0.1, 0.15) is 24.0 Å². The van der Waals surface area contributed by atoms with E-state index in [0.717, 1.165) is 26.2 Å². The van der Waals surface area contributed by atoms with Crippen molar-refractivity contribution in [2.24, 2.45) is 0 Å². The molecule has 0 unspecified atom stereocenters. The zero-order valence-corrected chi connectivity index (χ0v) is 25.3. The molecule has 1 aromatic heterocycles. The van der Waals surface area contributed by atoms with Gasteiger partial charge < -0.3 is 24.5 Å². The Balaban J connectivity index is 1.54. The lowest BCUT2D eigenvalue weighted by atomic mass is 9.98. The number of phenols is 1. The van der Waals surface area contributed by atoms with Crippen molar-refractivity contribution in [2.45, 2.75) is 32.0 Å². The number of amides is 1. The summed E-state index contributed by atoms with van der Waals surface area (Å²) in [6.07, 6.45) is 1.31. The van der Waals surface area contributed by atoms with E-state index in [-0.39, 0.29) is 58.3 Å². The first-order valence-corrected chi connectivity index (χ1v) is 15.0. The number of rotatable bonds is 5. The first-order chi connectivity index (χ1) is 20.6. The third-order valence-corrected chi connectivity index (χ3v) is 9.20. The van der Waals surface area contributed by atoms with Crippen LogP contribution in [0.3, 0.4) is 0 Å². The molecule has 228 valence electrons. The van der Waals surface area contributed by atoms with Gasteiger partial charge in [-0.3, -0.25) is 14.3 Å². The number of hydrogen-bond donors (Lipinski definition) is 1. The van der Waals surface area contributed by atoms with Crippen molar-refractivity contribution in [1.82, 2.24) is 24.3 Å². The Labute approximate surface area is 254 Å². The molecule has 12 heteroatoms. The standard InChI is InChI=1S/C31H36ClFN6O4/c1-5-25(41)37-14-19(3)38(15-18(37)2)30-21-13-22(32)26(27-23(33)7-6-8-24(27)40)29-28(21)39(31(42)34-30)20(17-43-29)16-36-11-9-35(4)10-12-36/h5-8,13,18-20,40H,1,9-12,14-17H2,2-4H3/t18-,19+,20+/m1/s1. The van der Waals surface area contributed by atoms with Crippen molar-refractivity contribution in [3.63, 3.8) is 0 Å². The largest absolute Gasteiger partial charge is 0.507 e. The van der Waals surface area contributed by atoms with Crippen LogP contribution in [0.25, 0.3) is 22.0 Å². The van der Waals surface area contributed by atoms with Crippen LogP contribution < -0.4 is 15.3 Å². The van der Waals surface area contributed by atoms with Gasteiger partial charge in [-0.2, -0.15) is 4.98 Å². The van der Waals surface area contributed by atoms with E-state index in [9.17, 15) is 14.7 Å². The number of benzene rings is 2. The fourth-order valence-corrected chi connectivity index (χ4v) is 6.87. The van der Waals surface area contributed by atoms with Crippen molar-refractivity contribution >= 4 is 34.2 Å². The molecule has 3 aliphatic heterocycles. The SMILES string of the molecule is C=CC(=O)N1C[C@H](C)N(c2nc(=O)n3c4c(c(-c5c(O)cccc5F)c(Cl)cc24)OC[C@@H]3CN2CCN(C)CC2)C[C@H]1C. The van der Waals surface area contributed by atoms with Gasteiger partial charge >= 0.3 is 5.69 Å². The topological polar surface area (TPSA) is 94.4 Å². The predicted octanol–water partition coefficient (Wildman–Crippen LogP) is 3.35. The van der Waals surface area contributed by atoms with Crippen molar-refractivity contribution in [1.29, 1.82) is 0 Å². The summed E-state index contributed by atoms with van der Waals surface area (Å²) in [5, 5.41) is 11.5. The molecule has 1 N–H and O–H groups in total. The minimum absolute atomic E-state index is 0.0854. The highest BCUT2D eigenvalue weighted by atomic mass is 35.5. The molecule has 3 aromatic rings. The molecule has 0 bridgehead atoms. The van der Waals surface area contributed by atoms with Gasteiger partial charge in [-0.1, -0.05) is 24.2 Å². The van der Waals surface area contributed by atoms with Crippen LogP contribution in [0, 0.1) is 5.82 Å². The number of hydrogen-bond acceptors (Lipinski definition) is 8. The fraction of sp³-hybridized carbons (Fsp3) is 0.452. The second-order valence-corrected chi connectivity index (χ2v) is 12.2. The monoisotopic (exact) mass is 610 g/mol. The maximum Gasteiger partial charge on any atom is 0.350 e. The molecule has 2 saturated heterocycles. The highest BCUT2D eigenvalue weighted by molar-refractivity contribution is 6.35. The van der Waals surface area contributed by atoms with Gasteiger partial charge in [0.05, 0.1) is 27.7 Å². The quantitative estimate of drug-likeness (QED) is 0.440. The van der Waals surface area contributed by atoms with Crippen LogP contribution in [-0.4, -0.2) is 107 Å². The zero-order valence-electron chi connectivity index (χ0n) is 24.6. The van der Waals surface area contributed by atoms with E-state index in [2.05, 4.69) is 28.4 Å². The zero-order chi connectivity index (χ0) is 30.6. The van der Waals surface area contributed by atoms with E-state index < -0.39 is 11.5 Å². The summed E-state index contributed by atoms with van der Waals surface area (Å²) in [5.41, 5.74) is 0.127. The predicted molar refractivity (Wildman–Crippen MR) is 165 cm³/mol. The molecule has 2 fully saturated rings. The molecule has 2 aromatic carbocycles. The third-order valence-electron chi connectivity index (χ3n) is 8.90. The van der Waals surface area contributed by atoms with Gasteiger partial charge in [0.25, 0.3) is 0 Å². The number of piperazine rings is 2. The maximum absolute atomic E-state index is 15.2. The van der Waals surface area contributed by atoms with Crippen LogP contribution in [0.5, 0.6) is 11.5 Å². The minimum Gasteiger partial charge on any atom is -0.507 e. The molecule has 0 spiro atoms. The van der Waals surface area contributed by atoms with E-state index in [1.807, 2.05) is 18.7 Å². The summed E-state index contributed by atoms with van der Waals surface area (Å²) in [7, 11) is 2.09. The molecule has 3 aliphatic rings. The van der Waals surface area contributed by atoms with Crippen LogP contribution in [0.1, 0.15) is 19.9 Å². The molecule has 1 amide bonds. The Bertz CT molecular complexity index is 1640. The number of aromatic nitrogens is 2. The molecule has 0 radical (unpaired) electrons. The van der Waals surface area contributed by atoms with Gasteiger partial charge in [-0.25, -0.2) is 9.18 Å². The van der Waals surface area contributed by atoms with Gasteiger partial charge in [0, 0.05) is 63.3 Å². The van der Waals surface area contributed by atoms with Gasteiger partial charge in [-0.15, -0.1) is 0 Å². The Morgan fingerprint density at radius 1 is 1.19 bits per heavy atom. The Hall–Kier alpha value is -3.67. The van der Waals surface area contributed by atoms with Crippen molar-refractivity contribution < 1.29 is 19.0 Å². The second kappa shape index (κ2) is 11.4. The Kier molecular flexibility index (Phi) is 7.82. The first kappa shape index (κ1) is 29.4. The van der Waals surface area contributed by atoms with Crippen molar-refractivity contribution in [2.75, 3.05) is 64.4 Å². The molecule has 10 nitrogen and oxygen atoms in total. The number of aromatic hydroxyl groups is 1. The number of nitrogens with zero attached hydrogens (tertiary/aromatic N) is 6. The molecule has 0 aliphatic carbocycles. The molecule has 4 heterocycles. The lowest BCUT2D eigenvalue weighted by molar-refractivity contribution is -0.128. The number of likely N-dealkylation sites (N-methyl/N-ethyl adjacent to an activating group) is 1. The number of phenolic OH excluding ortho intramolecular Hbond substituents is 1. The summed E-state index contributed by atoms with van der Waals surface area (Å²) in [4.78, 5) is 39.5. The van der Waals surface area contributed by atoms with E-state index in [1.165, 1.54) is 24.3 Å². The normalized spacial score (nSPS) is 23.0. The Morgan fingerprint density at radius 2 is 1.93 bits per heavy atom. The van der Waals surface area contributed by atoms with Gasteiger partial charge in [0.15, 0.2) is 5.75 Å². The maximum atomic E-state index is 15.2. The number of carbonyl (C=O) groups excluding carboxylic acids is 1. The Morgan fingerprint density at radius 3 is 2.63 bits per heavy atom. The first-order valence-electron chi connectivity index (χ1n) is 14.6. The van der Waals surface area contributed by atoms with Crippen LogP contribution in [-0.2, 0) is 4.79 Å². The molecule has 43 heavy (non-hydrogen) atoms. The smallest absolute Gasteiger partial charge is 0.350 e. The lowest BCUT2D eigenvalue weighted by Crippen LogP contribution is -2.58. The number of anilines is 1. The molecular formula is C31H36ClFN6O4. The minimum atomic E-state index is -0.658. The number of carbonyl (C=O) groups is 1. The van der Waals surface area contributed by atoms with E-state index >= 15 is 4.39 Å². The van der Waals surface area contributed by atoms with E-state index in [0.29, 0.717) is 36.4 Å². The molecular weight excluding hydrogens is 575 g/mol. The van der Waals surface area contributed by atoms with Crippen LogP contribution in [0.4, 0.5) is 10.2 Å². The van der Waals surface area contributed by atoms with E-state index in [4.69, 9.17) is 16.3 Å². The third kappa shape index (κ3) is 5.13. The summed E-state index contributed by atoms with van der Waals surface area (Å²) >= 11 is 6.88. The molecule has 6 rings (SSSR count). The number of ether oxygens (including phenoxy) is 1. The summed E-state index contributed by atoms with van der Waals surface area (Å²) in [6.45, 7) is 12.7. The van der Waals surface area contributed by atoms with Crippen LogP contribution in [0.15, 0.2) is 41.7 Å². The number of halogens is 2. The summed E-state index contributed by atoms with van der Waals surface area (Å²) in [6, 6.07) is 5.06. The van der Waals surface area contributed by atoms with Crippen molar-refractivity contribution in [3.05, 3.63) is 58.2 Å². The molecule has 3 atom stereocenters.